The zero-order valence-corrected chi connectivity index (χ0v) is 10.5. The first-order chi connectivity index (χ1) is 8.21. The quantitative estimate of drug-likeness (QED) is 0.773. The second kappa shape index (κ2) is 4.74. The Morgan fingerprint density at radius 2 is 1.88 bits per heavy atom. The van der Waals surface area contributed by atoms with Gasteiger partial charge in [0.15, 0.2) is 0 Å². The number of aryl methyl sites for hydroxylation is 2. The highest BCUT2D eigenvalue weighted by molar-refractivity contribution is 5.90. The number of hydrogen-bond acceptors (Lipinski definition) is 1. The van der Waals surface area contributed by atoms with Crippen molar-refractivity contribution in [3.8, 4) is 5.75 Å². The van der Waals surface area contributed by atoms with E-state index in [9.17, 15) is 4.39 Å². The molecule has 0 aliphatic carbocycles. The third-order valence-corrected chi connectivity index (χ3v) is 3.19. The number of methoxy groups -OCH3 is 1. The van der Waals surface area contributed by atoms with Crippen LogP contribution in [0.2, 0.25) is 0 Å². The molecule has 0 amide bonds. The second-order valence-corrected chi connectivity index (χ2v) is 4.12. The van der Waals surface area contributed by atoms with Gasteiger partial charge in [-0.2, -0.15) is 0 Å². The van der Waals surface area contributed by atoms with Crippen LogP contribution in [0.15, 0.2) is 24.3 Å². The first-order valence-electron chi connectivity index (χ1n) is 5.99. The van der Waals surface area contributed by atoms with Crippen molar-refractivity contribution in [1.82, 2.24) is 0 Å². The van der Waals surface area contributed by atoms with E-state index < -0.39 is 0 Å². The minimum atomic E-state index is -0.111. The van der Waals surface area contributed by atoms with Gasteiger partial charge < -0.3 is 4.74 Å². The molecule has 0 spiro atoms. The van der Waals surface area contributed by atoms with Crippen molar-refractivity contribution in [2.45, 2.75) is 26.7 Å². The normalized spacial score (nSPS) is 10.8. The lowest BCUT2D eigenvalue weighted by Crippen LogP contribution is -1.95. The minimum absolute atomic E-state index is 0.111. The van der Waals surface area contributed by atoms with Crippen LogP contribution in [0.5, 0.6) is 5.75 Å². The Balaban J connectivity index is 2.84. The van der Waals surface area contributed by atoms with Crippen molar-refractivity contribution in [3.63, 3.8) is 0 Å². The van der Waals surface area contributed by atoms with E-state index in [4.69, 9.17) is 4.74 Å². The lowest BCUT2D eigenvalue weighted by atomic mass is 9.95. The third kappa shape index (κ3) is 1.99. The van der Waals surface area contributed by atoms with E-state index in [-0.39, 0.29) is 5.82 Å². The van der Waals surface area contributed by atoms with Gasteiger partial charge in [0.05, 0.1) is 7.11 Å². The average Bonchev–Trinajstić information content (AvgIpc) is 2.37. The molecule has 0 N–H and O–H groups in total. The van der Waals surface area contributed by atoms with Crippen LogP contribution in [0.3, 0.4) is 0 Å². The fourth-order valence-corrected chi connectivity index (χ4v) is 2.32. The first-order valence-corrected chi connectivity index (χ1v) is 5.99. The molecule has 2 rings (SSSR count). The lowest BCUT2D eigenvalue weighted by molar-refractivity contribution is 0.415. The molecule has 0 radical (unpaired) electrons. The summed E-state index contributed by atoms with van der Waals surface area (Å²) in [5.74, 6) is 0.725. The van der Waals surface area contributed by atoms with Crippen LogP contribution in [0.25, 0.3) is 10.8 Å². The monoisotopic (exact) mass is 232 g/mol. The largest absolute Gasteiger partial charge is 0.497 e. The molecule has 2 aromatic carbocycles. The molecule has 0 aliphatic heterocycles. The van der Waals surface area contributed by atoms with E-state index >= 15 is 0 Å². The molecule has 90 valence electrons. The molecule has 0 saturated heterocycles. The number of halogens is 1. The Labute approximate surface area is 101 Å². The number of benzene rings is 2. The number of hydrogen-bond donors (Lipinski definition) is 0. The van der Waals surface area contributed by atoms with Crippen molar-refractivity contribution >= 4 is 10.8 Å². The Morgan fingerprint density at radius 3 is 2.47 bits per heavy atom. The molecule has 0 aromatic heterocycles. The Bertz CT molecular complexity index is 546. The summed E-state index contributed by atoms with van der Waals surface area (Å²) in [6.07, 6.45) is 1.59. The van der Waals surface area contributed by atoms with Crippen molar-refractivity contribution in [1.29, 1.82) is 0 Å². The van der Waals surface area contributed by atoms with Gasteiger partial charge in [0.25, 0.3) is 0 Å². The molecular weight excluding hydrogens is 215 g/mol. The maximum Gasteiger partial charge on any atom is 0.127 e. The molecule has 0 unspecified atom stereocenters. The summed E-state index contributed by atoms with van der Waals surface area (Å²) in [5, 5.41) is 2.11. The smallest absolute Gasteiger partial charge is 0.127 e. The predicted molar refractivity (Wildman–Crippen MR) is 69.2 cm³/mol. The van der Waals surface area contributed by atoms with Gasteiger partial charge in [0.1, 0.15) is 11.6 Å². The zero-order valence-electron chi connectivity index (χ0n) is 10.5. The minimum Gasteiger partial charge on any atom is -0.497 e. The van der Waals surface area contributed by atoms with Crippen LogP contribution >= 0.6 is 0 Å². The second-order valence-electron chi connectivity index (χ2n) is 4.12. The zero-order chi connectivity index (χ0) is 12.4. The van der Waals surface area contributed by atoms with Crippen molar-refractivity contribution in [3.05, 3.63) is 41.2 Å². The van der Waals surface area contributed by atoms with Gasteiger partial charge in [-0.05, 0) is 52.9 Å². The summed E-state index contributed by atoms with van der Waals surface area (Å²) in [7, 11) is 1.66. The molecule has 2 aromatic rings. The van der Waals surface area contributed by atoms with Crippen molar-refractivity contribution in [2.24, 2.45) is 0 Å². The third-order valence-electron chi connectivity index (χ3n) is 3.19. The van der Waals surface area contributed by atoms with Gasteiger partial charge in [-0.3, -0.25) is 0 Å². The summed E-state index contributed by atoms with van der Waals surface area (Å²) in [6.45, 7) is 4.07. The van der Waals surface area contributed by atoms with E-state index in [2.05, 4.69) is 6.92 Å². The van der Waals surface area contributed by atoms with Gasteiger partial charge in [-0.15, -0.1) is 0 Å². The van der Waals surface area contributed by atoms with Crippen LogP contribution in [0.4, 0.5) is 4.39 Å². The highest BCUT2D eigenvalue weighted by atomic mass is 19.1. The molecule has 1 nitrogen and oxygen atoms in total. The number of ether oxygens (including phenoxy) is 1. The van der Waals surface area contributed by atoms with E-state index in [1.807, 2.05) is 25.1 Å². The lowest BCUT2D eigenvalue weighted by Gasteiger charge is -2.12. The van der Waals surface area contributed by atoms with E-state index in [0.29, 0.717) is 6.42 Å². The van der Waals surface area contributed by atoms with Crippen LogP contribution in [0, 0.1) is 5.82 Å². The number of rotatable bonds is 3. The van der Waals surface area contributed by atoms with Gasteiger partial charge in [-0.25, -0.2) is 4.39 Å². The molecular formula is C15H17FO. The van der Waals surface area contributed by atoms with Crippen molar-refractivity contribution in [2.75, 3.05) is 7.11 Å². The fourth-order valence-electron chi connectivity index (χ4n) is 2.32. The predicted octanol–water partition coefficient (Wildman–Crippen LogP) is 4.11. The summed E-state index contributed by atoms with van der Waals surface area (Å²) in [4.78, 5) is 0. The standard InChI is InChI=1S/C15H17FO/c1-4-10-8-12(17-3)9-11-6-7-14(16)13(5-2)15(10)11/h6-9H,4-5H2,1-3H3. The summed E-state index contributed by atoms with van der Waals surface area (Å²) in [6, 6.07) is 7.33. The van der Waals surface area contributed by atoms with Crippen molar-refractivity contribution < 1.29 is 9.13 Å². The number of fused-ring (bicyclic) bond motifs is 1. The Morgan fingerprint density at radius 1 is 1.12 bits per heavy atom. The first kappa shape index (κ1) is 11.9. The SMILES string of the molecule is CCc1cc(OC)cc2ccc(F)c(CC)c12. The maximum absolute atomic E-state index is 13.8. The van der Waals surface area contributed by atoms with E-state index in [1.54, 1.807) is 13.2 Å². The van der Waals surface area contributed by atoms with Crippen LogP contribution in [-0.4, -0.2) is 7.11 Å². The molecule has 17 heavy (non-hydrogen) atoms. The summed E-state index contributed by atoms with van der Waals surface area (Å²) >= 11 is 0. The van der Waals surface area contributed by atoms with E-state index in [1.165, 1.54) is 0 Å². The molecule has 0 saturated carbocycles. The molecule has 2 heteroatoms. The summed E-state index contributed by atoms with van der Waals surface area (Å²) in [5.41, 5.74) is 1.96. The van der Waals surface area contributed by atoms with Crippen LogP contribution in [-0.2, 0) is 12.8 Å². The van der Waals surface area contributed by atoms with E-state index in [0.717, 1.165) is 34.1 Å². The Hall–Kier alpha value is -1.57. The van der Waals surface area contributed by atoms with Crippen LogP contribution in [0.1, 0.15) is 25.0 Å². The van der Waals surface area contributed by atoms with Gasteiger partial charge in [0.2, 0.25) is 0 Å². The highest BCUT2D eigenvalue weighted by Crippen LogP contribution is 2.30. The van der Waals surface area contributed by atoms with Crippen LogP contribution < -0.4 is 4.74 Å². The van der Waals surface area contributed by atoms with Gasteiger partial charge in [0, 0.05) is 0 Å². The molecule has 0 fully saturated rings. The topological polar surface area (TPSA) is 9.23 Å². The van der Waals surface area contributed by atoms with Gasteiger partial charge >= 0.3 is 0 Å². The molecule has 0 heterocycles. The molecule has 0 atom stereocenters. The average molecular weight is 232 g/mol. The maximum atomic E-state index is 13.8. The molecule has 0 bridgehead atoms. The van der Waals surface area contributed by atoms with Gasteiger partial charge in [-0.1, -0.05) is 19.9 Å². The molecule has 0 aliphatic rings. The highest BCUT2D eigenvalue weighted by Gasteiger charge is 2.10. The fraction of sp³-hybridized carbons (Fsp3) is 0.333. The summed E-state index contributed by atoms with van der Waals surface area (Å²) < 4.78 is 19.1. The Kier molecular flexibility index (Phi) is 3.32.